The Kier molecular flexibility index (Phi) is 4.49. The van der Waals surface area contributed by atoms with Crippen molar-refractivity contribution >= 4 is 21.8 Å². The number of hydrazine groups is 1. The molecule has 0 atom stereocenters. The molecular weight excluding hydrogens is 232 g/mol. The number of carbonyl (C=O) groups excluding carboxylic acids is 1. The number of carbonyl (C=O) groups is 1. The van der Waals surface area contributed by atoms with Gasteiger partial charge in [-0.3, -0.25) is 10.2 Å². The molecule has 0 aromatic heterocycles. The number of nitrogens with one attached hydrogen (secondary N) is 2. The van der Waals surface area contributed by atoms with E-state index in [2.05, 4.69) is 26.8 Å². The van der Waals surface area contributed by atoms with E-state index in [4.69, 9.17) is 0 Å². The van der Waals surface area contributed by atoms with Crippen molar-refractivity contribution in [2.45, 2.75) is 6.54 Å². The molecule has 0 unspecified atom stereocenters. The van der Waals surface area contributed by atoms with Crippen molar-refractivity contribution in [3.05, 3.63) is 35.9 Å². The van der Waals surface area contributed by atoms with Crippen molar-refractivity contribution in [1.82, 2.24) is 10.9 Å². The minimum absolute atomic E-state index is 0.0732. The Bertz CT molecular complexity index is 264. The van der Waals surface area contributed by atoms with Gasteiger partial charge in [0.05, 0.1) is 5.33 Å². The second-order valence-electron chi connectivity index (χ2n) is 2.52. The largest absolute Gasteiger partial charge is 0.291 e. The molecule has 3 nitrogen and oxygen atoms in total. The normalized spacial score (nSPS) is 9.62. The molecule has 70 valence electrons. The van der Waals surface area contributed by atoms with Gasteiger partial charge in [0.1, 0.15) is 0 Å². The van der Waals surface area contributed by atoms with Gasteiger partial charge in [0.2, 0.25) is 5.91 Å². The molecule has 1 aromatic carbocycles. The van der Waals surface area contributed by atoms with Crippen LogP contribution in [0.2, 0.25) is 0 Å². The third-order valence-corrected chi connectivity index (χ3v) is 1.99. The average molecular weight is 243 g/mol. The summed E-state index contributed by atoms with van der Waals surface area (Å²) in [6.45, 7) is 0.638. The lowest BCUT2D eigenvalue weighted by Crippen LogP contribution is -2.37. The minimum Gasteiger partial charge on any atom is -0.291 e. The summed E-state index contributed by atoms with van der Waals surface area (Å²) in [5, 5.41) is 0.314. The van der Waals surface area contributed by atoms with Crippen LogP contribution in [0.15, 0.2) is 30.3 Å². The number of rotatable bonds is 4. The highest BCUT2D eigenvalue weighted by atomic mass is 79.9. The second kappa shape index (κ2) is 5.72. The van der Waals surface area contributed by atoms with Crippen LogP contribution in [0.4, 0.5) is 0 Å². The van der Waals surface area contributed by atoms with Crippen molar-refractivity contribution in [3.63, 3.8) is 0 Å². The molecule has 1 aromatic rings. The van der Waals surface area contributed by atoms with Gasteiger partial charge in [0.25, 0.3) is 0 Å². The maximum atomic E-state index is 10.8. The van der Waals surface area contributed by atoms with E-state index < -0.39 is 0 Å². The Labute approximate surface area is 85.6 Å². The number of hydrogen-bond acceptors (Lipinski definition) is 2. The molecular formula is C9H11BrN2O. The summed E-state index contributed by atoms with van der Waals surface area (Å²) in [6.07, 6.45) is 0. The van der Waals surface area contributed by atoms with Crippen LogP contribution in [0.25, 0.3) is 0 Å². The lowest BCUT2D eigenvalue weighted by Gasteiger charge is -2.04. The lowest BCUT2D eigenvalue weighted by molar-refractivity contribution is -0.119. The molecule has 0 radical (unpaired) electrons. The Morgan fingerprint density at radius 2 is 2.00 bits per heavy atom. The Balaban J connectivity index is 2.24. The molecule has 0 heterocycles. The van der Waals surface area contributed by atoms with E-state index in [1.807, 2.05) is 30.3 Å². The van der Waals surface area contributed by atoms with Gasteiger partial charge in [-0.1, -0.05) is 46.3 Å². The first-order valence-electron chi connectivity index (χ1n) is 3.94. The summed E-state index contributed by atoms with van der Waals surface area (Å²) in [6, 6.07) is 9.87. The monoisotopic (exact) mass is 242 g/mol. The molecule has 1 rings (SSSR count). The fraction of sp³-hybridized carbons (Fsp3) is 0.222. The van der Waals surface area contributed by atoms with Crippen LogP contribution in [0.1, 0.15) is 5.56 Å². The zero-order chi connectivity index (χ0) is 9.52. The van der Waals surface area contributed by atoms with Crippen LogP contribution >= 0.6 is 15.9 Å². The van der Waals surface area contributed by atoms with E-state index in [1.165, 1.54) is 0 Å². The zero-order valence-corrected chi connectivity index (χ0v) is 8.67. The van der Waals surface area contributed by atoms with Gasteiger partial charge < -0.3 is 0 Å². The first-order valence-corrected chi connectivity index (χ1v) is 5.06. The summed E-state index contributed by atoms with van der Waals surface area (Å²) >= 11 is 3.05. The maximum Gasteiger partial charge on any atom is 0.244 e. The van der Waals surface area contributed by atoms with Crippen LogP contribution in [0.3, 0.4) is 0 Å². The van der Waals surface area contributed by atoms with Crippen LogP contribution in [0, 0.1) is 0 Å². The van der Waals surface area contributed by atoms with Gasteiger partial charge in [0, 0.05) is 6.54 Å². The smallest absolute Gasteiger partial charge is 0.244 e. The molecule has 0 saturated carbocycles. The quantitative estimate of drug-likeness (QED) is 0.616. The average Bonchev–Trinajstić information content (AvgIpc) is 2.19. The Morgan fingerprint density at radius 3 is 2.62 bits per heavy atom. The SMILES string of the molecule is O=C(CBr)NNCc1ccccc1. The van der Waals surface area contributed by atoms with Crippen LogP contribution < -0.4 is 10.9 Å². The van der Waals surface area contributed by atoms with Gasteiger partial charge in [-0.15, -0.1) is 0 Å². The van der Waals surface area contributed by atoms with E-state index in [0.717, 1.165) is 5.56 Å². The highest BCUT2D eigenvalue weighted by Gasteiger charge is 1.95. The number of alkyl halides is 1. The molecule has 0 bridgehead atoms. The van der Waals surface area contributed by atoms with Crippen LogP contribution in [-0.4, -0.2) is 11.2 Å². The summed E-state index contributed by atoms with van der Waals surface area (Å²) in [5.74, 6) is -0.0732. The molecule has 1 amide bonds. The third kappa shape index (κ3) is 4.05. The highest BCUT2D eigenvalue weighted by Crippen LogP contribution is 1.95. The summed E-state index contributed by atoms with van der Waals surface area (Å²) in [7, 11) is 0. The van der Waals surface area contributed by atoms with Crippen molar-refractivity contribution in [2.75, 3.05) is 5.33 Å². The first-order chi connectivity index (χ1) is 6.33. The number of amides is 1. The topological polar surface area (TPSA) is 41.1 Å². The van der Waals surface area contributed by atoms with Crippen LogP contribution in [0.5, 0.6) is 0 Å². The molecule has 4 heteroatoms. The zero-order valence-electron chi connectivity index (χ0n) is 7.09. The number of halogens is 1. The van der Waals surface area contributed by atoms with Gasteiger partial charge in [-0.2, -0.15) is 0 Å². The van der Waals surface area contributed by atoms with E-state index in [0.29, 0.717) is 11.9 Å². The summed E-state index contributed by atoms with van der Waals surface area (Å²) in [4.78, 5) is 10.8. The molecule has 0 fully saturated rings. The molecule has 0 aliphatic heterocycles. The fourth-order valence-corrected chi connectivity index (χ4v) is 1.01. The van der Waals surface area contributed by atoms with Crippen molar-refractivity contribution in [1.29, 1.82) is 0 Å². The van der Waals surface area contributed by atoms with E-state index in [1.54, 1.807) is 0 Å². The molecule has 0 spiro atoms. The van der Waals surface area contributed by atoms with Crippen molar-refractivity contribution < 1.29 is 4.79 Å². The first kappa shape index (κ1) is 10.2. The van der Waals surface area contributed by atoms with Gasteiger partial charge in [0.15, 0.2) is 0 Å². The van der Waals surface area contributed by atoms with Crippen molar-refractivity contribution in [2.24, 2.45) is 0 Å². The second-order valence-corrected chi connectivity index (χ2v) is 3.08. The van der Waals surface area contributed by atoms with E-state index in [-0.39, 0.29) is 5.91 Å². The third-order valence-electron chi connectivity index (χ3n) is 1.48. The van der Waals surface area contributed by atoms with Gasteiger partial charge >= 0.3 is 0 Å². The molecule has 0 saturated heterocycles. The van der Waals surface area contributed by atoms with E-state index in [9.17, 15) is 4.79 Å². The minimum atomic E-state index is -0.0732. The summed E-state index contributed by atoms with van der Waals surface area (Å²) < 4.78 is 0. The predicted octanol–water partition coefficient (Wildman–Crippen LogP) is 1.20. The molecule has 0 aliphatic rings. The standard InChI is InChI=1S/C9H11BrN2O/c10-6-9(13)12-11-7-8-4-2-1-3-5-8/h1-5,11H,6-7H2,(H,12,13). The Morgan fingerprint density at radius 1 is 1.31 bits per heavy atom. The molecule has 2 N–H and O–H groups in total. The maximum absolute atomic E-state index is 10.8. The molecule has 0 aliphatic carbocycles. The van der Waals surface area contributed by atoms with Crippen LogP contribution in [-0.2, 0) is 11.3 Å². The van der Waals surface area contributed by atoms with Gasteiger partial charge in [-0.05, 0) is 5.56 Å². The Hall–Kier alpha value is -0.870. The fourth-order valence-electron chi connectivity index (χ4n) is 0.874. The summed E-state index contributed by atoms with van der Waals surface area (Å²) in [5.41, 5.74) is 6.50. The molecule has 13 heavy (non-hydrogen) atoms. The van der Waals surface area contributed by atoms with Gasteiger partial charge in [-0.25, -0.2) is 5.43 Å². The highest BCUT2D eigenvalue weighted by molar-refractivity contribution is 9.09. The lowest BCUT2D eigenvalue weighted by atomic mass is 10.2. The van der Waals surface area contributed by atoms with E-state index >= 15 is 0 Å². The predicted molar refractivity (Wildman–Crippen MR) is 55.2 cm³/mol. The number of hydrogen-bond donors (Lipinski definition) is 2. The van der Waals surface area contributed by atoms with Crippen molar-refractivity contribution in [3.8, 4) is 0 Å². The number of benzene rings is 1.